The number of ether oxygens (including phenoxy) is 2. The molecule has 5 heteroatoms. The Balaban J connectivity index is 1.74. The summed E-state index contributed by atoms with van der Waals surface area (Å²) < 4.78 is 23.7. The average molecular weight is 287 g/mol. The normalized spacial score (nSPS) is 12.3. The van der Waals surface area contributed by atoms with Gasteiger partial charge in [0.1, 0.15) is 5.82 Å². The molecule has 2 aromatic carbocycles. The Hall–Kier alpha value is -2.56. The van der Waals surface area contributed by atoms with Crippen molar-refractivity contribution in [3.05, 3.63) is 53.8 Å². The van der Waals surface area contributed by atoms with Gasteiger partial charge in [-0.25, -0.2) is 4.39 Å². The summed E-state index contributed by atoms with van der Waals surface area (Å²) in [6.45, 7) is 0.333. The lowest BCUT2D eigenvalue weighted by atomic mass is 10.1. The lowest BCUT2D eigenvalue weighted by Gasteiger charge is -2.18. The molecule has 1 heterocycles. The number of hydrogen-bond acceptors (Lipinski definition) is 4. The van der Waals surface area contributed by atoms with E-state index in [-0.39, 0.29) is 24.9 Å². The number of benzene rings is 2. The summed E-state index contributed by atoms with van der Waals surface area (Å²) in [5.74, 6) is 0.828. The number of halogens is 1. The standard InChI is InChI=1S/C16H14FNO3/c1-18(13-4-2-3-12(17)8-13)9-14(19)11-5-6-15-16(7-11)21-10-20-15/h2-8H,9-10H2,1H3. The van der Waals surface area contributed by atoms with Gasteiger partial charge in [-0.05, 0) is 36.4 Å². The van der Waals surface area contributed by atoms with E-state index in [1.54, 1.807) is 42.3 Å². The van der Waals surface area contributed by atoms with Crippen molar-refractivity contribution in [1.29, 1.82) is 0 Å². The Bertz CT molecular complexity index is 687. The van der Waals surface area contributed by atoms with Gasteiger partial charge < -0.3 is 14.4 Å². The molecule has 0 radical (unpaired) electrons. The van der Waals surface area contributed by atoms with Crippen LogP contribution in [-0.4, -0.2) is 26.2 Å². The first-order valence-corrected chi connectivity index (χ1v) is 6.53. The molecule has 108 valence electrons. The lowest BCUT2D eigenvalue weighted by molar-refractivity contribution is 0.1000. The molecule has 0 atom stereocenters. The van der Waals surface area contributed by atoms with Gasteiger partial charge in [-0.3, -0.25) is 4.79 Å². The van der Waals surface area contributed by atoms with Crippen molar-refractivity contribution in [2.24, 2.45) is 0 Å². The van der Waals surface area contributed by atoms with Crippen LogP contribution in [0.3, 0.4) is 0 Å². The Labute approximate surface area is 121 Å². The van der Waals surface area contributed by atoms with E-state index >= 15 is 0 Å². The van der Waals surface area contributed by atoms with Crippen LogP contribution in [0.4, 0.5) is 10.1 Å². The largest absolute Gasteiger partial charge is 0.454 e. The van der Waals surface area contributed by atoms with Gasteiger partial charge in [0.05, 0.1) is 6.54 Å². The number of hydrogen-bond donors (Lipinski definition) is 0. The fourth-order valence-corrected chi connectivity index (χ4v) is 2.18. The molecular formula is C16H14FNO3. The second kappa shape index (κ2) is 5.44. The van der Waals surface area contributed by atoms with Crippen molar-refractivity contribution in [2.75, 3.05) is 25.3 Å². The molecule has 0 aromatic heterocycles. The van der Waals surface area contributed by atoms with Gasteiger partial charge in [-0.1, -0.05) is 6.07 Å². The number of fused-ring (bicyclic) bond motifs is 1. The van der Waals surface area contributed by atoms with Crippen molar-refractivity contribution in [3.8, 4) is 11.5 Å². The van der Waals surface area contributed by atoms with Crippen molar-refractivity contribution < 1.29 is 18.7 Å². The minimum Gasteiger partial charge on any atom is -0.454 e. The third-order valence-corrected chi connectivity index (χ3v) is 3.32. The van der Waals surface area contributed by atoms with Gasteiger partial charge in [0, 0.05) is 18.3 Å². The number of ketones is 1. The molecule has 1 aliphatic rings. The van der Waals surface area contributed by atoms with Gasteiger partial charge in [-0.2, -0.15) is 0 Å². The van der Waals surface area contributed by atoms with Crippen LogP contribution in [0.1, 0.15) is 10.4 Å². The van der Waals surface area contributed by atoms with Crippen LogP contribution in [0.15, 0.2) is 42.5 Å². The van der Waals surface area contributed by atoms with Gasteiger partial charge in [0.25, 0.3) is 0 Å². The fraction of sp³-hybridized carbons (Fsp3) is 0.188. The van der Waals surface area contributed by atoms with E-state index < -0.39 is 0 Å². The van der Waals surface area contributed by atoms with Crippen LogP contribution in [0, 0.1) is 5.82 Å². The van der Waals surface area contributed by atoms with E-state index in [9.17, 15) is 9.18 Å². The summed E-state index contributed by atoms with van der Waals surface area (Å²) in [5.41, 5.74) is 1.20. The van der Waals surface area contributed by atoms with E-state index in [0.29, 0.717) is 22.7 Å². The highest BCUT2D eigenvalue weighted by molar-refractivity contribution is 5.99. The van der Waals surface area contributed by atoms with Crippen LogP contribution in [0.5, 0.6) is 11.5 Å². The molecule has 3 rings (SSSR count). The summed E-state index contributed by atoms with van der Waals surface area (Å²) in [7, 11) is 1.75. The molecule has 21 heavy (non-hydrogen) atoms. The molecule has 0 spiro atoms. The quantitative estimate of drug-likeness (QED) is 0.811. The zero-order valence-corrected chi connectivity index (χ0v) is 11.5. The van der Waals surface area contributed by atoms with Crippen LogP contribution in [0.2, 0.25) is 0 Å². The van der Waals surface area contributed by atoms with E-state index in [2.05, 4.69) is 0 Å². The topological polar surface area (TPSA) is 38.8 Å². The highest BCUT2D eigenvalue weighted by atomic mass is 19.1. The van der Waals surface area contributed by atoms with E-state index in [1.165, 1.54) is 12.1 Å². The molecule has 4 nitrogen and oxygen atoms in total. The SMILES string of the molecule is CN(CC(=O)c1ccc2c(c1)OCO2)c1cccc(F)c1. The molecule has 0 amide bonds. The summed E-state index contributed by atoms with van der Waals surface area (Å²) in [5, 5.41) is 0. The second-order valence-electron chi connectivity index (χ2n) is 4.83. The third kappa shape index (κ3) is 2.81. The van der Waals surface area contributed by atoms with Crippen molar-refractivity contribution in [2.45, 2.75) is 0 Å². The Morgan fingerprint density at radius 2 is 2.00 bits per heavy atom. The maximum absolute atomic E-state index is 13.2. The molecule has 0 unspecified atom stereocenters. The van der Waals surface area contributed by atoms with Crippen LogP contribution >= 0.6 is 0 Å². The highest BCUT2D eigenvalue weighted by Gasteiger charge is 2.17. The van der Waals surface area contributed by atoms with Crippen LogP contribution < -0.4 is 14.4 Å². The van der Waals surface area contributed by atoms with Crippen LogP contribution in [0.25, 0.3) is 0 Å². The summed E-state index contributed by atoms with van der Waals surface area (Å²) in [4.78, 5) is 14.0. The summed E-state index contributed by atoms with van der Waals surface area (Å²) in [6.07, 6.45) is 0. The molecule has 0 bridgehead atoms. The molecular weight excluding hydrogens is 273 g/mol. The Morgan fingerprint density at radius 1 is 1.19 bits per heavy atom. The number of carbonyl (C=O) groups is 1. The Kier molecular flexibility index (Phi) is 3.48. The minimum absolute atomic E-state index is 0.0694. The Morgan fingerprint density at radius 3 is 2.81 bits per heavy atom. The van der Waals surface area contributed by atoms with E-state index in [0.717, 1.165) is 0 Å². The van der Waals surface area contributed by atoms with Gasteiger partial charge in [0.15, 0.2) is 17.3 Å². The van der Waals surface area contributed by atoms with E-state index in [4.69, 9.17) is 9.47 Å². The number of anilines is 1. The van der Waals surface area contributed by atoms with Gasteiger partial charge in [-0.15, -0.1) is 0 Å². The maximum atomic E-state index is 13.2. The number of rotatable bonds is 4. The zero-order chi connectivity index (χ0) is 14.8. The predicted molar refractivity (Wildman–Crippen MR) is 76.6 cm³/mol. The third-order valence-electron chi connectivity index (χ3n) is 3.32. The van der Waals surface area contributed by atoms with Crippen molar-refractivity contribution >= 4 is 11.5 Å². The maximum Gasteiger partial charge on any atom is 0.231 e. The van der Waals surface area contributed by atoms with Crippen LogP contribution in [-0.2, 0) is 0 Å². The number of Topliss-reactive ketones (excluding diaryl/α,β-unsaturated/α-hetero) is 1. The minimum atomic E-state index is -0.324. The van der Waals surface area contributed by atoms with Crippen molar-refractivity contribution in [3.63, 3.8) is 0 Å². The zero-order valence-electron chi connectivity index (χ0n) is 11.5. The number of likely N-dealkylation sites (N-methyl/N-ethyl adjacent to an activating group) is 1. The lowest BCUT2D eigenvalue weighted by Crippen LogP contribution is -2.25. The van der Waals surface area contributed by atoms with Crippen molar-refractivity contribution in [1.82, 2.24) is 0 Å². The molecule has 0 N–H and O–H groups in total. The first kappa shape index (κ1) is 13.4. The van der Waals surface area contributed by atoms with E-state index in [1.807, 2.05) is 0 Å². The predicted octanol–water partition coefficient (Wildman–Crippen LogP) is 2.87. The number of nitrogens with zero attached hydrogens (tertiary/aromatic N) is 1. The fourth-order valence-electron chi connectivity index (χ4n) is 2.18. The summed E-state index contributed by atoms with van der Waals surface area (Å²) >= 11 is 0. The van der Waals surface area contributed by atoms with Gasteiger partial charge >= 0.3 is 0 Å². The number of carbonyl (C=O) groups excluding carboxylic acids is 1. The molecule has 1 aliphatic heterocycles. The highest BCUT2D eigenvalue weighted by Crippen LogP contribution is 2.32. The molecule has 2 aromatic rings. The first-order chi connectivity index (χ1) is 10.1. The second-order valence-corrected chi connectivity index (χ2v) is 4.83. The summed E-state index contributed by atoms with van der Waals surface area (Å²) in [6, 6.07) is 11.2. The molecule has 0 fully saturated rings. The molecule has 0 saturated carbocycles. The monoisotopic (exact) mass is 287 g/mol. The first-order valence-electron chi connectivity index (χ1n) is 6.53. The smallest absolute Gasteiger partial charge is 0.231 e. The van der Waals surface area contributed by atoms with Gasteiger partial charge in [0.2, 0.25) is 6.79 Å². The molecule has 0 aliphatic carbocycles. The average Bonchev–Trinajstić information content (AvgIpc) is 2.94. The molecule has 0 saturated heterocycles.